The lowest BCUT2D eigenvalue weighted by Crippen LogP contribution is -2.26. The van der Waals surface area contributed by atoms with Crippen molar-refractivity contribution in [3.8, 4) is 0 Å². The molecule has 1 N–H and O–H groups in total. The summed E-state index contributed by atoms with van der Waals surface area (Å²) in [5.41, 5.74) is -0.520. The first-order valence-corrected chi connectivity index (χ1v) is 5.24. The van der Waals surface area contributed by atoms with E-state index < -0.39 is 22.3 Å². The number of benzene rings is 1. The molecule has 0 aliphatic heterocycles. The minimum Gasteiger partial charge on any atom is -0.349 e. The Hall–Kier alpha value is -1.98. The van der Waals surface area contributed by atoms with Gasteiger partial charge in [-0.15, -0.1) is 0 Å². The molecule has 0 aromatic heterocycles. The first kappa shape index (κ1) is 11.5. The van der Waals surface area contributed by atoms with Gasteiger partial charge in [0.2, 0.25) is 5.82 Å². The minimum atomic E-state index is -0.994. The van der Waals surface area contributed by atoms with Crippen LogP contribution in [0.2, 0.25) is 0 Å². The molecule has 1 saturated carbocycles. The molecule has 0 bridgehead atoms. The Kier molecular flexibility index (Phi) is 2.79. The molecule has 1 aliphatic carbocycles. The SMILES string of the molecule is CC1CC1NC(=O)c1ccc([N+](=O)[O-])c(F)c1. The fourth-order valence-corrected chi connectivity index (χ4v) is 1.57. The van der Waals surface area contributed by atoms with Crippen LogP contribution < -0.4 is 5.32 Å². The molecule has 17 heavy (non-hydrogen) atoms. The van der Waals surface area contributed by atoms with Crippen LogP contribution in [-0.2, 0) is 0 Å². The molecule has 5 nitrogen and oxygen atoms in total. The predicted octanol–water partition coefficient (Wildman–Crippen LogP) is 1.87. The van der Waals surface area contributed by atoms with Gasteiger partial charge in [-0.25, -0.2) is 0 Å². The van der Waals surface area contributed by atoms with E-state index >= 15 is 0 Å². The van der Waals surface area contributed by atoms with Crippen molar-refractivity contribution in [1.29, 1.82) is 0 Å². The molecule has 2 atom stereocenters. The van der Waals surface area contributed by atoms with E-state index in [4.69, 9.17) is 0 Å². The van der Waals surface area contributed by atoms with E-state index in [-0.39, 0.29) is 11.6 Å². The highest BCUT2D eigenvalue weighted by Gasteiger charge is 2.34. The molecule has 0 radical (unpaired) electrons. The van der Waals surface area contributed by atoms with Gasteiger partial charge < -0.3 is 5.32 Å². The van der Waals surface area contributed by atoms with E-state index in [0.29, 0.717) is 5.92 Å². The zero-order valence-corrected chi connectivity index (χ0v) is 9.14. The van der Waals surface area contributed by atoms with Crippen molar-refractivity contribution in [3.05, 3.63) is 39.7 Å². The van der Waals surface area contributed by atoms with Crippen LogP contribution in [0, 0.1) is 21.8 Å². The quantitative estimate of drug-likeness (QED) is 0.645. The topological polar surface area (TPSA) is 72.2 Å². The molecule has 2 unspecified atom stereocenters. The van der Waals surface area contributed by atoms with Gasteiger partial charge in [-0.05, 0) is 24.5 Å². The van der Waals surface area contributed by atoms with Crippen molar-refractivity contribution in [2.24, 2.45) is 5.92 Å². The molecule has 6 heteroatoms. The highest BCUT2D eigenvalue weighted by atomic mass is 19.1. The van der Waals surface area contributed by atoms with Crippen LogP contribution in [0.15, 0.2) is 18.2 Å². The van der Waals surface area contributed by atoms with Crippen molar-refractivity contribution in [2.45, 2.75) is 19.4 Å². The Bertz CT molecular complexity index is 490. The summed E-state index contributed by atoms with van der Waals surface area (Å²) in [5, 5.41) is 13.1. The molecule has 0 spiro atoms. The maximum absolute atomic E-state index is 13.3. The maximum Gasteiger partial charge on any atom is 0.304 e. The lowest BCUT2D eigenvalue weighted by atomic mass is 10.2. The number of nitro benzene ring substituents is 1. The first-order valence-electron chi connectivity index (χ1n) is 5.24. The molecule has 1 aromatic carbocycles. The number of nitrogens with zero attached hydrogens (tertiary/aromatic N) is 1. The molecule has 1 aromatic rings. The van der Waals surface area contributed by atoms with E-state index in [1.807, 2.05) is 6.92 Å². The molecule has 1 fully saturated rings. The Morgan fingerprint density at radius 2 is 2.24 bits per heavy atom. The largest absolute Gasteiger partial charge is 0.349 e. The summed E-state index contributed by atoms with van der Waals surface area (Å²) >= 11 is 0. The van der Waals surface area contributed by atoms with Crippen molar-refractivity contribution in [1.82, 2.24) is 5.32 Å². The second-order valence-corrected chi connectivity index (χ2v) is 4.22. The highest BCUT2D eigenvalue weighted by molar-refractivity contribution is 5.94. The van der Waals surface area contributed by atoms with Gasteiger partial charge in [-0.3, -0.25) is 14.9 Å². The molecule has 2 rings (SSSR count). The summed E-state index contributed by atoms with van der Waals surface area (Å²) in [6.07, 6.45) is 0.918. The number of nitrogens with one attached hydrogen (secondary N) is 1. The van der Waals surface area contributed by atoms with Crippen molar-refractivity contribution < 1.29 is 14.1 Å². The number of halogens is 1. The average molecular weight is 238 g/mol. The fourth-order valence-electron chi connectivity index (χ4n) is 1.57. The smallest absolute Gasteiger partial charge is 0.304 e. The summed E-state index contributed by atoms with van der Waals surface area (Å²) in [6, 6.07) is 3.28. The highest BCUT2D eigenvalue weighted by Crippen LogP contribution is 2.29. The second-order valence-electron chi connectivity index (χ2n) is 4.22. The standard InChI is InChI=1S/C11H11FN2O3/c1-6-4-9(6)13-11(15)7-2-3-10(14(16)17)8(12)5-7/h2-3,5-6,9H,4H2,1H3,(H,13,15). The van der Waals surface area contributed by atoms with Gasteiger partial charge >= 0.3 is 5.69 Å². The number of hydrogen-bond donors (Lipinski definition) is 1. The predicted molar refractivity (Wildman–Crippen MR) is 58.1 cm³/mol. The summed E-state index contributed by atoms with van der Waals surface area (Å²) in [5.74, 6) is -0.943. The third kappa shape index (κ3) is 2.41. The number of carbonyl (C=O) groups excluding carboxylic acids is 1. The zero-order chi connectivity index (χ0) is 12.6. The summed E-state index contributed by atoms with van der Waals surface area (Å²) in [4.78, 5) is 21.2. The van der Waals surface area contributed by atoms with Crippen molar-refractivity contribution >= 4 is 11.6 Å². The van der Waals surface area contributed by atoms with E-state index in [9.17, 15) is 19.3 Å². The van der Waals surface area contributed by atoms with Gasteiger partial charge in [0, 0.05) is 17.7 Å². The van der Waals surface area contributed by atoms with Crippen LogP contribution >= 0.6 is 0 Å². The lowest BCUT2D eigenvalue weighted by molar-refractivity contribution is -0.387. The average Bonchev–Trinajstić information content (AvgIpc) is 2.93. The van der Waals surface area contributed by atoms with E-state index in [1.54, 1.807) is 0 Å². The van der Waals surface area contributed by atoms with Gasteiger partial charge in [0.1, 0.15) is 0 Å². The number of rotatable bonds is 3. The molecular weight excluding hydrogens is 227 g/mol. The maximum atomic E-state index is 13.3. The second kappa shape index (κ2) is 4.12. The Labute approximate surface area is 96.8 Å². The Balaban J connectivity index is 2.13. The monoisotopic (exact) mass is 238 g/mol. The lowest BCUT2D eigenvalue weighted by Gasteiger charge is -2.03. The van der Waals surface area contributed by atoms with Gasteiger partial charge in [-0.2, -0.15) is 4.39 Å². The Morgan fingerprint density at radius 1 is 1.59 bits per heavy atom. The summed E-state index contributed by atoms with van der Waals surface area (Å²) < 4.78 is 13.3. The van der Waals surface area contributed by atoms with Gasteiger partial charge in [0.25, 0.3) is 5.91 Å². The van der Waals surface area contributed by atoms with Gasteiger partial charge in [-0.1, -0.05) is 6.92 Å². The minimum absolute atomic E-state index is 0.104. The summed E-state index contributed by atoms with van der Waals surface area (Å²) in [6.45, 7) is 2.00. The van der Waals surface area contributed by atoms with Crippen LogP contribution in [0.5, 0.6) is 0 Å². The molecule has 0 heterocycles. The van der Waals surface area contributed by atoms with Gasteiger partial charge in [0.15, 0.2) is 0 Å². The molecule has 0 saturated heterocycles. The molecule has 1 aliphatic rings. The molecular formula is C11H11FN2O3. The van der Waals surface area contributed by atoms with Crippen molar-refractivity contribution in [3.63, 3.8) is 0 Å². The molecule has 1 amide bonds. The summed E-state index contributed by atoms with van der Waals surface area (Å²) in [7, 11) is 0. The third-order valence-corrected chi connectivity index (χ3v) is 2.83. The molecule has 90 valence electrons. The number of amides is 1. The van der Waals surface area contributed by atoms with Gasteiger partial charge in [0.05, 0.1) is 4.92 Å². The number of nitro groups is 1. The van der Waals surface area contributed by atoms with Crippen LogP contribution in [0.1, 0.15) is 23.7 Å². The van der Waals surface area contributed by atoms with Crippen LogP contribution in [0.25, 0.3) is 0 Å². The normalized spacial score (nSPS) is 22.0. The van der Waals surface area contributed by atoms with Crippen LogP contribution in [0.4, 0.5) is 10.1 Å². The van der Waals surface area contributed by atoms with Crippen molar-refractivity contribution in [2.75, 3.05) is 0 Å². The van der Waals surface area contributed by atoms with E-state index in [0.717, 1.165) is 18.6 Å². The number of carbonyl (C=O) groups is 1. The van der Waals surface area contributed by atoms with E-state index in [2.05, 4.69) is 5.32 Å². The Morgan fingerprint density at radius 3 is 2.71 bits per heavy atom. The van der Waals surface area contributed by atoms with Crippen LogP contribution in [-0.4, -0.2) is 16.9 Å². The van der Waals surface area contributed by atoms with E-state index in [1.165, 1.54) is 6.07 Å². The first-order chi connectivity index (χ1) is 7.99. The van der Waals surface area contributed by atoms with Crippen LogP contribution in [0.3, 0.4) is 0 Å². The third-order valence-electron chi connectivity index (χ3n) is 2.83. The number of hydrogen-bond acceptors (Lipinski definition) is 3. The fraction of sp³-hybridized carbons (Fsp3) is 0.364. The zero-order valence-electron chi connectivity index (χ0n) is 9.14.